The highest BCUT2D eigenvalue weighted by Crippen LogP contribution is 2.35. The Labute approximate surface area is 221 Å². The molecular formula is C27H34FN7O3. The number of benzene rings is 1. The van der Waals surface area contributed by atoms with Crippen LogP contribution in [0.25, 0.3) is 22.6 Å². The second kappa shape index (κ2) is 12.2. The lowest BCUT2D eigenvalue weighted by Crippen LogP contribution is -2.49. The lowest BCUT2D eigenvalue weighted by atomic mass is 9.91. The van der Waals surface area contributed by atoms with E-state index in [0.29, 0.717) is 47.5 Å². The van der Waals surface area contributed by atoms with Crippen LogP contribution in [0.2, 0.25) is 0 Å². The lowest BCUT2D eigenvalue weighted by Gasteiger charge is -2.35. The van der Waals surface area contributed by atoms with Gasteiger partial charge in [0.1, 0.15) is 5.82 Å². The Bertz CT molecular complexity index is 1240. The number of aromatic amines is 1. The molecule has 1 saturated heterocycles. The molecule has 1 aliphatic heterocycles. The Kier molecular flexibility index (Phi) is 8.82. The van der Waals surface area contributed by atoms with Gasteiger partial charge >= 0.3 is 0 Å². The van der Waals surface area contributed by atoms with Gasteiger partial charge in [-0.3, -0.25) is 4.79 Å². The summed E-state index contributed by atoms with van der Waals surface area (Å²) in [6, 6.07) is 7.80. The molecule has 1 aromatic carbocycles. The molecule has 1 aliphatic rings. The van der Waals surface area contributed by atoms with E-state index in [1.54, 1.807) is 30.5 Å². The van der Waals surface area contributed by atoms with E-state index in [9.17, 15) is 9.18 Å². The predicted molar refractivity (Wildman–Crippen MR) is 143 cm³/mol. The summed E-state index contributed by atoms with van der Waals surface area (Å²) in [6.45, 7) is 7.84. The normalized spacial score (nSPS) is 19.3. The van der Waals surface area contributed by atoms with E-state index in [2.05, 4.69) is 37.1 Å². The number of nitrogens with one attached hydrogen (secondary N) is 3. The molecule has 1 amide bonds. The van der Waals surface area contributed by atoms with E-state index in [-0.39, 0.29) is 24.9 Å². The SMILES string of the molecule is C=CCNc1nccc(-c2[nH]c(C3OCC(C)(C(=O)NCCCN(C)C)CO3)nc2-c2ccc(F)cc2)n1. The van der Waals surface area contributed by atoms with Crippen LogP contribution in [0.5, 0.6) is 0 Å². The number of anilines is 1. The molecule has 3 heterocycles. The number of rotatable bonds is 11. The number of hydrogen-bond donors (Lipinski definition) is 3. The third-order valence-corrected chi connectivity index (χ3v) is 6.10. The van der Waals surface area contributed by atoms with Gasteiger partial charge in [-0.05, 0) is 64.3 Å². The van der Waals surface area contributed by atoms with Crippen molar-refractivity contribution in [2.24, 2.45) is 5.41 Å². The van der Waals surface area contributed by atoms with Crippen LogP contribution < -0.4 is 10.6 Å². The van der Waals surface area contributed by atoms with Gasteiger partial charge in [-0.2, -0.15) is 0 Å². The number of amides is 1. The fourth-order valence-corrected chi connectivity index (χ4v) is 3.96. The van der Waals surface area contributed by atoms with Crippen LogP contribution in [0.3, 0.4) is 0 Å². The van der Waals surface area contributed by atoms with E-state index < -0.39 is 11.7 Å². The van der Waals surface area contributed by atoms with Crippen molar-refractivity contribution in [3.05, 3.63) is 60.8 Å². The number of ether oxygens (including phenoxy) is 2. The summed E-state index contributed by atoms with van der Waals surface area (Å²) in [4.78, 5) is 31.7. The number of halogens is 1. The third kappa shape index (κ3) is 6.60. The molecular weight excluding hydrogens is 489 g/mol. The fraction of sp³-hybridized carbons (Fsp3) is 0.407. The van der Waals surface area contributed by atoms with Crippen molar-refractivity contribution in [2.75, 3.05) is 52.3 Å². The Morgan fingerprint density at radius 3 is 2.66 bits per heavy atom. The average molecular weight is 524 g/mol. The summed E-state index contributed by atoms with van der Waals surface area (Å²) in [5, 5.41) is 6.05. The van der Waals surface area contributed by atoms with Crippen LogP contribution in [0.1, 0.15) is 25.5 Å². The molecule has 0 saturated carbocycles. The molecule has 3 N–H and O–H groups in total. The number of aromatic nitrogens is 4. The largest absolute Gasteiger partial charge is 0.355 e. The molecule has 0 spiro atoms. The van der Waals surface area contributed by atoms with Crippen LogP contribution in [0.15, 0.2) is 49.2 Å². The van der Waals surface area contributed by atoms with Gasteiger partial charge in [0, 0.05) is 24.8 Å². The van der Waals surface area contributed by atoms with E-state index in [4.69, 9.17) is 14.5 Å². The van der Waals surface area contributed by atoms with E-state index in [1.807, 2.05) is 21.0 Å². The van der Waals surface area contributed by atoms with Gasteiger partial charge in [-0.15, -0.1) is 6.58 Å². The summed E-state index contributed by atoms with van der Waals surface area (Å²) in [7, 11) is 3.99. The molecule has 11 heteroatoms. The maximum absolute atomic E-state index is 13.6. The number of carbonyl (C=O) groups excluding carboxylic acids is 1. The average Bonchev–Trinajstić information content (AvgIpc) is 3.36. The highest BCUT2D eigenvalue weighted by molar-refractivity contribution is 5.82. The summed E-state index contributed by atoms with van der Waals surface area (Å²) < 4.78 is 25.6. The van der Waals surface area contributed by atoms with Crippen LogP contribution in [-0.4, -0.2) is 77.7 Å². The van der Waals surface area contributed by atoms with E-state index in [1.165, 1.54) is 12.1 Å². The summed E-state index contributed by atoms with van der Waals surface area (Å²) in [5.74, 6) is 0.401. The first-order chi connectivity index (χ1) is 18.3. The van der Waals surface area contributed by atoms with Crippen molar-refractivity contribution < 1.29 is 18.7 Å². The Morgan fingerprint density at radius 2 is 1.97 bits per heavy atom. The van der Waals surface area contributed by atoms with Crippen molar-refractivity contribution >= 4 is 11.9 Å². The van der Waals surface area contributed by atoms with Crippen LogP contribution >= 0.6 is 0 Å². The number of hydrogen-bond acceptors (Lipinski definition) is 8. The van der Waals surface area contributed by atoms with Gasteiger partial charge in [0.15, 0.2) is 5.82 Å². The predicted octanol–water partition coefficient (Wildman–Crippen LogP) is 3.39. The zero-order valence-corrected chi connectivity index (χ0v) is 22.0. The number of H-pyrrole nitrogens is 1. The quantitative estimate of drug-likeness (QED) is 0.259. The lowest BCUT2D eigenvalue weighted by molar-refractivity contribution is -0.231. The fourth-order valence-electron chi connectivity index (χ4n) is 3.96. The molecule has 0 aliphatic carbocycles. The van der Waals surface area contributed by atoms with E-state index in [0.717, 1.165) is 13.0 Å². The maximum Gasteiger partial charge on any atom is 0.230 e. The summed E-state index contributed by atoms with van der Waals surface area (Å²) in [5.41, 5.74) is 1.63. The number of carbonyl (C=O) groups is 1. The van der Waals surface area contributed by atoms with Crippen LogP contribution in [0, 0.1) is 11.2 Å². The summed E-state index contributed by atoms with van der Waals surface area (Å²) in [6.07, 6.45) is 3.40. The molecule has 4 rings (SSSR count). The molecule has 38 heavy (non-hydrogen) atoms. The minimum atomic E-state index is -0.817. The Morgan fingerprint density at radius 1 is 1.24 bits per heavy atom. The smallest absolute Gasteiger partial charge is 0.230 e. The first-order valence-corrected chi connectivity index (χ1v) is 12.5. The first kappa shape index (κ1) is 27.4. The van der Waals surface area contributed by atoms with Crippen LogP contribution in [-0.2, 0) is 14.3 Å². The zero-order chi connectivity index (χ0) is 27.1. The standard InChI is InChI=1S/C27H34FN7O3/c1-5-12-30-26-31-14-11-20(32-26)22-21(18-7-9-19(28)10-8-18)33-23(34-22)24-37-16-27(2,17-38-24)25(36)29-13-6-15-35(3)4/h5,7-11,14,24H,1,6,12-13,15-17H2,2-4H3,(H,29,36)(H,33,34)(H,30,31,32). The molecule has 10 nitrogen and oxygen atoms in total. The monoisotopic (exact) mass is 523 g/mol. The van der Waals surface area contributed by atoms with Crippen molar-refractivity contribution in [1.29, 1.82) is 0 Å². The molecule has 0 radical (unpaired) electrons. The number of imidazole rings is 1. The highest BCUT2D eigenvalue weighted by Gasteiger charge is 2.40. The molecule has 202 valence electrons. The summed E-state index contributed by atoms with van der Waals surface area (Å²) >= 11 is 0. The van der Waals surface area contributed by atoms with Gasteiger partial charge in [0.2, 0.25) is 18.1 Å². The van der Waals surface area contributed by atoms with Crippen molar-refractivity contribution in [2.45, 2.75) is 19.6 Å². The molecule has 2 aromatic heterocycles. The Hall–Kier alpha value is -3.67. The first-order valence-electron chi connectivity index (χ1n) is 12.5. The maximum atomic E-state index is 13.6. The molecule has 1 fully saturated rings. The van der Waals surface area contributed by atoms with Crippen molar-refractivity contribution in [3.63, 3.8) is 0 Å². The zero-order valence-electron chi connectivity index (χ0n) is 22.0. The topological polar surface area (TPSA) is 117 Å². The molecule has 0 bridgehead atoms. The molecule has 3 aromatic rings. The molecule has 0 unspecified atom stereocenters. The van der Waals surface area contributed by atoms with Gasteiger partial charge in [0.05, 0.1) is 35.7 Å². The van der Waals surface area contributed by atoms with E-state index >= 15 is 0 Å². The minimum absolute atomic E-state index is 0.109. The molecule has 0 atom stereocenters. The van der Waals surface area contributed by atoms with Gasteiger partial charge < -0.3 is 30.0 Å². The van der Waals surface area contributed by atoms with Gasteiger partial charge in [0.25, 0.3) is 0 Å². The third-order valence-electron chi connectivity index (χ3n) is 6.10. The van der Waals surface area contributed by atoms with Crippen molar-refractivity contribution in [3.8, 4) is 22.6 Å². The second-order valence-corrected chi connectivity index (χ2v) is 9.71. The van der Waals surface area contributed by atoms with Gasteiger partial charge in [-0.25, -0.2) is 19.3 Å². The van der Waals surface area contributed by atoms with Crippen LogP contribution in [0.4, 0.5) is 10.3 Å². The van der Waals surface area contributed by atoms with Gasteiger partial charge in [-0.1, -0.05) is 6.08 Å². The minimum Gasteiger partial charge on any atom is -0.355 e. The highest BCUT2D eigenvalue weighted by atomic mass is 19.1. The Balaban J connectivity index is 1.53. The number of nitrogens with zero attached hydrogens (tertiary/aromatic N) is 4. The second-order valence-electron chi connectivity index (χ2n) is 9.71. The van der Waals surface area contributed by atoms with Crippen molar-refractivity contribution in [1.82, 2.24) is 30.2 Å².